The van der Waals surface area contributed by atoms with Gasteiger partial charge < -0.3 is 16.0 Å². The fourth-order valence-electron chi connectivity index (χ4n) is 2.36. The molecule has 3 heterocycles. The van der Waals surface area contributed by atoms with E-state index in [-0.39, 0.29) is 18.0 Å². The molecule has 1 aliphatic heterocycles. The number of hydrogen-bond acceptors (Lipinski definition) is 5. The molecule has 1 unspecified atom stereocenters. The highest BCUT2D eigenvalue weighted by Crippen LogP contribution is 2.34. The number of H-pyrrole nitrogens is 1. The number of alkyl halides is 2. The van der Waals surface area contributed by atoms with Crippen molar-refractivity contribution in [2.24, 2.45) is 0 Å². The van der Waals surface area contributed by atoms with Crippen molar-refractivity contribution in [1.82, 2.24) is 24.8 Å². The molecule has 19 heavy (non-hydrogen) atoms. The minimum atomic E-state index is -3.02. The van der Waals surface area contributed by atoms with E-state index in [1.165, 1.54) is 6.20 Å². The summed E-state index contributed by atoms with van der Waals surface area (Å²) >= 11 is 0. The molecule has 1 atom stereocenters. The summed E-state index contributed by atoms with van der Waals surface area (Å²) in [6.45, 7) is -0.0444. The average Bonchev–Trinajstić information content (AvgIpc) is 2.65. The quantitative estimate of drug-likeness (QED) is 0.670. The zero-order chi connectivity index (χ0) is 13.6. The molecule has 1 aliphatic rings. The number of nitrogens with one attached hydrogen (secondary N) is 2. The summed E-state index contributed by atoms with van der Waals surface area (Å²) < 4.78 is 28.8. The molecular weight excluding hydrogens is 258 g/mol. The van der Waals surface area contributed by atoms with E-state index in [0.29, 0.717) is 12.1 Å². The maximum Gasteiger partial charge on any atom is 0.328 e. The van der Waals surface area contributed by atoms with Crippen LogP contribution in [0.15, 0.2) is 11.0 Å². The van der Waals surface area contributed by atoms with Crippen LogP contribution in [0.2, 0.25) is 0 Å². The third kappa shape index (κ3) is 1.86. The number of imidazole rings is 1. The Bertz CT molecular complexity index is 678. The van der Waals surface area contributed by atoms with Crippen LogP contribution in [0, 0.1) is 0 Å². The third-order valence-corrected chi connectivity index (χ3v) is 3.23. The van der Waals surface area contributed by atoms with Crippen molar-refractivity contribution in [1.29, 1.82) is 0 Å². The number of fused-ring (bicyclic) bond motifs is 1. The Labute approximate surface area is 105 Å². The van der Waals surface area contributed by atoms with Gasteiger partial charge in [-0.05, 0) is 13.0 Å². The largest absolute Gasteiger partial charge is 0.368 e. The van der Waals surface area contributed by atoms with Gasteiger partial charge in [-0.15, -0.1) is 0 Å². The molecule has 4 N–H and O–H groups in total. The Kier molecular flexibility index (Phi) is 2.52. The third-order valence-electron chi connectivity index (χ3n) is 3.23. The van der Waals surface area contributed by atoms with E-state index in [9.17, 15) is 13.6 Å². The summed E-state index contributed by atoms with van der Waals surface area (Å²) in [5, 5.41) is 2.61. The molecule has 102 valence electrons. The highest BCUT2D eigenvalue weighted by atomic mass is 19.3. The van der Waals surface area contributed by atoms with Crippen molar-refractivity contribution in [2.45, 2.75) is 18.4 Å². The number of anilines is 1. The Balaban J connectivity index is 2.21. The second kappa shape index (κ2) is 3.98. The van der Waals surface area contributed by atoms with E-state index < -0.39 is 24.2 Å². The second-order valence-electron chi connectivity index (χ2n) is 4.51. The van der Waals surface area contributed by atoms with Crippen LogP contribution >= 0.6 is 0 Å². The summed E-state index contributed by atoms with van der Waals surface area (Å²) in [5.74, 6) is -3.07. The first-order valence-corrected chi connectivity index (χ1v) is 5.80. The van der Waals surface area contributed by atoms with Crippen molar-refractivity contribution >= 4 is 17.1 Å². The zero-order valence-corrected chi connectivity index (χ0v) is 9.86. The van der Waals surface area contributed by atoms with Gasteiger partial charge in [0.05, 0.1) is 12.7 Å². The molecule has 0 bridgehead atoms. The van der Waals surface area contributed by atoms with Crippen LogP contribution in [0.3, 0.4) is 0 Å². The van der Waals surface area contributed by atoms with Crippen LogP contribution < -0.4 is 16.7 Å². The smallest absolute Gasteiger partial charge is 0.328 e. The van der Waals surface area contributed by atoms with Crippen LogP contribution in [0.1, 0.15) is 12.5 Å². The highest BCUT2D eigenvalue weighted by molar-refractivity contribution is 5.70. The number of nitrogen functional groups attached to an aromatic ring is 1. The lowest BCUT2D eigenvalue weighted by molar-refractivity contribution is -0.0657. The second-order valence-corrected chi connectivity index (χ2v) is 4.51. The summed E-state index contributed by atoms with van der Waals surface area (Å²) in [6, 6.07) is -1.23. The van der Waals surface area contributed by atoms with Gasteiger partial charge in [-0.1, -0.05) is 0 Å². The van der Waals surface area contributed by atoms with Gasteiger partial charge in [0.1, 0.15) is 11.6 Å². The summed E-state index contributed by atoms with van der Waals surface area (Å²) in [4.78, 5) is 22.0. The monoisotopic (exact) mass is 270 g/mol. The maximum absolute atomic E-state index is 13.9. The van der Waals surface area contributed by atoms with Gasteiger partial charge in [-0.2, -0.15) is 4.98 Å². The first-order valence-electron chi connectivity index (χ1n) is 5.80. The molecule has 0 spiro atoms. The first-order chi connectivity index (χ1) is 8.99. The van der Waals surface area contributed by atoms with E-state index in [1.54, 1.807) is 0 Å². The van der Waals surface area contributed by atoms with Gasteiger partial charge in [-0.3, -0.25) is 4.57 Å². The highest BCUT2D eigenvalue weighted by Gasteiger charge is 2.44. The number of halogens is 2. The fraction of sp³-hybridized carbons (Fsp3) is 0.500. The number of rotatable bonds is 1. The summed E-state index contributed by atoms with van der Waals surface area (Å²) in [6.07, 6.45) is 1.46. The number of aromatic amines is 1. The van der Waals surface area contributed by atoms with Crippen LogP contribution in [-0.2, 0) is 0 Å². The molecule has 2 aromatic heterocycles. The number of nitrogens with two attached hydrogens (primary N) is 1. The predicted octanol–water partition coefficient (Wildman–Crippen LogP) is -0.129. The van der Waals surface area contributed by atoms with Crippen molar-refractivity contribution in [3.63, 3.8) is 0 Å². The summed E-state index contributed by atoms with van der Waals surface area (Å²) in [5.41, 5.74) is 5.24. The fourth-order valence-corrected chi connectivity index (χ4v) is 2.36. The Morgan fingerprint density at radius 1 is 1.53 bits per heavy atom. The molecule has 1 saturated heterocycles. The average molecular weight is 270 g/mol. The molecule has 2 aromatic rings. The zero-order valence-electron chi connectivity index (χ0n) is 9.86. The molecule has 7 nitrogen and oxygen atoms in total. The molecule has 0 radical (unpaired) electrons. The van der Waals surface area contributed by atoms with Crippen molar-refractivity contribution < 1.29 is 8.78 Å². The maximum atomic E-state index is 13.9. The van der Waals surface area contributed by atoms with E-state index in [4.69, 9.17) is 5.73 Å². The number of hydrogen-bond donors (Lipinski definition) is 3. The Hall–Kier alpha value is -2.03. The normalized spacial score (nSPS) is 22.7. The van der Waals surface area contributed by atoms with Gasteiger partial charge in [0.15, 0.2) is 5.65 Å². The van der Waals surface area contributed by atoms with Crippen molar-refractivity contribution in [2.75, 3.05) is 18.8 Å². The molecule has 3 rings (SSSR count). The van der Waals surface area contributed by atoms with E-state index >= 15 is 0 Å². The van der Waals surface area contributed by atoms with Crippen molar-refractivity contribution in [3.8, 4) is 0 Å². The van der Waals surface area contributed by atoms with E-state index in [1.807, 2.05) is 0 Å². The van der Waals surface area contributed by atoms with Gasteiger partial charge in [0, 0.05) is 0 Å². The minimum Gasteiger partial charge on any atom is -0.368 e. The van der Waals surface area contributed by atoms with Crippen LogP contribution in [-0.4, -0.2) is 38.5 Å². The van der Waals surface area contributed by atoms with Crippen molar-refractivity contribution in [3.05, 3.63) is 16.7 Å². The Morgan fingerprint density at radius 2 is 2.32 bits per heavy atom. The van der Waals surface area contributed by atoms with E-state index in [2.05, 4.69) is 20.3 Å². The lowest BCUT2D eigenvalue weighted by Crippen LogP contribution is -2.48. The van der Waals surface area contributed by atoms with Crippen LogP contribution in [0.4, 0.5) is 14.7 Å². The molecule has 0 amide bonds. The lowest BCUT2D eigenvalue weighted by atomic mass is 10.0. The van der Waals surface area contributed by atoms with Crippen LogP contribution in [0.5, 0.6) is 0 Å². The van der Waals surface area contributed by atoms with Gasteiger partial charge in [0.2, 0.25) is 5.95 Å². The SMILES string of the molecule is Nc1ncc2[nH]c(=O)n(C3CCNCC3(F)F)c2n1. The van der Waals surface area contributed by atoms with E-state index in [0.717, 1.165) is 4.57 Å². The Morgan fingerprint density at radius 3 is 3.05 bits per heavy atom. The molecule has 1 fully saturated rings. The van der Waals surface area contributed by atoms with Gasteiger partial charge in [-0.25, -0.2) is 18.6 Å². The molecule has 9 heteroatoms. The van der Waals surface area contributed by atoms with Gasteiger partial charge in [0.25, 0.3) is 5.92 Å². The minimum absolute atomic E-state index is 0.0579. The predicted molar refractivity (Wildman–Crippen MR) is 64.0 cm³/mol. The topological polar surface area (TPSA) is 102 Å². The number of nitrogens with zero attached hydrogens (tertiary/aromatic N) is 3. The number of piperidine rings is 1. The van der Waals surface area contributed by atoms with Crippen LogP contribution in [0.25, 0.3) is 11.2 Å². The standard InChI is InChI=1S/C10H12F2N6O/c11-10(12)4-14-2-1-6(10)18-7-5(16-9(18)19)3-15-8(13)17-7/h3,6,14H,1-2,4H2,(H,16,19)(H2,13,15,17). The molecule has 0 aliphatic carbocycles. The van der Waals surface area contributed by atoms with Gasteiger partial charge >= 0.3 is 5.69 Å². The molecular formula is C10H12F2N6O. The first kappa shape index (κ1) is 12.0. The lowest BCUT2D eigenvalue weighted by Gasteiger charge is -2.32. The summed E-state index contributed by atoms with van der Waals surface area (Å²) in [7, 11) is 0. The molecule has 0 aromatic carbocycles. The molecule has 0 saturated carbocycles. The number of aromatic nitrogens is 4.